The highest BCUT2D eigenvalue weighted by atomic mass is 35.5. The maximum Gasteiger partial charge on any atom is 0.139 e. The average molecular weight is 398 g/mol. The lowest BCUT2D eigenvalue weighted by Crippen LogP contribution is -2.38. The van der Waals surface area contributed by atoms with Gasteiger partial charge in [0.15, 0.2) is 0 Å². The van der Waals surface area contributed by atoms with Crippen LogP contribution in [-0.2, 0) is 4.74 Å². The summed E-state index contributed by atoms with van der Waals surface area (Å²) in [6.45, 7) is 5.03. The molecule has 6 heteroatoms. The van der Waals surface area contributed by atoms with Crippen molar-refractivity contribution in [2.75, 3.05) is 13.7 Å². The van der Waals surface area contributed by atoms with E-state index >= 15 is 0 Å². The van der Waals surface area contributed by atoms with Crippen molar-refractivity contribution < 1.29 is 9.47 Å². The number of aromatic amines is 1. The van der Waals surface area contributed by atoms with E-state index in [1.807, 2.05) is 36.4 Å². The number of ether oxygens (including phenoxy) is 2. The Kier molecular flexibility index (Phi) is 4.89. The molecule has 3 aromatic rings. The second-order valence-corrected chi connectivity index (χ2v) is 8.31. The van der Waals surface area contributed by atoms with E-state index in [4.69, 9.17) is 21.1 Å². The third kappa shape index (κ3) is 3.64. The Morgan fingerprint density at radius 3 is 2.29 bits per heavy atom. The molecule has 0 spiro atoms. The van der Waals surface area contributed by atoms with E-state index in [0.717, 1.165) is 35.4 Å². The summed E-state index contributed by atoms with van der Waals surface area (Å²) in [5.74, 6) is 1.56. The second kappa shape index (κ2) is 7.22. The van der Waals surface area contributed by atoms with Crippen LogP contribution in [0.25, 0.3) is 22.6 Å². The lowest BCUT2D eigenvalue weighted by molar-refractivity contribution is -0.0392. The van der Waals surface area contributed by atoms with Gasteiger partial charge in [-0.15, -0.1) is 0 Å². The van der Waals surface area contributed by atoms with Crippen molar-refractivity contribution in [2.45, 2.75) is 32.3 Å². The van der Waals surface area contributed by atoms with Gasteiger partial charge in [-0.1, -0.05) is 25.4 Å². The van der Waals surface area contributed by atoms with Crippen LogP contribution in [0, 0.1) is 5.41 Å². The van der Waals surface area contributed by atoms with Crippen LogP contribution < -0.4 is 4.74 Å². The number of hydrogen-bond donors (Lipinski definition) is 1. The molecule has 1 fully saturated rings. The first-order chi connectivity index (χ1) is 13.4. The number of halogens is 1. The Bertz CT molecular complexity index is 945. The normalized spacial score (nSPS) is 15.4. The van der Waals surface area contributed by atoms with Gasteiger partial charge in [0, 0.05) is 29.8 Å². The molecular formula is C22H24ClN3O2. The topological polar surface area (TPSA) is 60.0 Å². The Morgan fingerprint density at radius 2 is 1.75 bits per heavy atom. The number of nitrogens with zero attached hydrogens (tertiary/aromatic N) is 2. The highest BCUT2D eigenvalue weighted by molar-refractivity contribution is 6.29. The summed E-state index contributed by atoms with van der Waals surface area (Å²) >= 11 is 5.89. The Morgan fingerprint density at radius 1 is 1.04 bits per heavy atom. The molecule has 1 aliphatic rings. The summed E-state index contributed by atoms with van der Waals surface area (Å²) in [7, 11) is 1.79. The molecule has 1 saturated carbocycles. The van der Waals surface area contributed by atoms with Crippen molar-refractivity contribution in [3.63, 3.8) is 0 Å². The van der Waals surface area contributed by atoms with Gasteiger partial charge in [-0.25, -0.2) is 4.98 Å². The summed E-state index contributed by atoms with van der Waals surface area (Å²) in [6, 6.07) is 12.0. The maximum atomic E-state index is 6.04. The minimum absolute atomic E-state index is 0.0213. The Labute approximate surface area is 170 Å². The van der Waals surface area contributed by atoms with E-state index in [-0.39, 0.29) is 11.0 Å². The molecule has 1 aliphatic carbocycles. The van der Waals surface area contributed by atoms with Gasteiger partial charge in [0.2, 0.25) is 0 Å². The van der Waals surface area contributed by atoms with E-state index in [9.17, 15) is 0 Å². The van der Waals surface area contributed by atoms with Crippen LogP contribution in [0.5, 0.6) is 5.75 Å². The molecule has 2 heterocycles. The van der Waals surface area contributed by atoms with Crippen LogP contribution in [0.4, 0.5) is 0 Å². The van der Waals surface area contributed by atoms with E-state index in [0.29, 0.717) is 17.6 Å². The van der Waals surface area contributed by atoms with Crippen molar-refractivity contribution in [2.24, 2.45) is 5.41 Å². The zero-order valence-corrected chi connectivity index (χ0v) is 17.1. The number of rotatable bonds is 7. The first-order valence-electron chi connectivity index (χ1n) is 9.38. The van der Waals surface area contributed by atoms with Crippen molar-refractivity contribution >= 4 is 11.6 Å². The van der Waals surface area contributed by atoms with Crippen molar-refractivity contribution in [3.05, 3.63) is 53.9 Å². The van der Waals surface area contributed by atoms with Crippen LogP contribution in [0.2, 0.25) is 5.15 Å². The first kappa shape index (κ1) is 19.0. The number of benzene rings is 1. The predicted molar refractivity (Wildman–Crippen MR) is 111 cm³/mol. The van der Waals surface area contributed by atoms with E-state index in [1.54, 1.807) is 19.5 Å². The Balaban J connectivity index is 1.42. The number of pyridine rings is 1. The lowest BCUT2D eigenvalue weighted by atomic mass is 9.85. The minimum Gasteiger partial charge on any atom is -0.493 e. The fourth-order valence-corrected chi connectivity index (χ4v) is 3.68. The van der Waals surface area contributed by atoms with Crippen LogP contribution in [0.3, 0.4) is 0 Å². The molecular weight excluding hydrogens is 374 g/mol. The molecule has 0 amide bonds. The first-order valence-corrected chi connectivity index (χ1v) is 9.76. The molecule has 4 rings (SSSR count). The van der Waals surface area contributed by atoms with E-state index in [2.05, 4.69) is 28.8 Å². The molecule has 0 saturated heterocycles. The molecule has 0 unspecified atom stereocenters. The molecule has 1 aromatic carbocycles. The third-order valence-electron chi connectivity index (χ3n) is 5.66. The summed E-state index contributed by atoms with van der Waals surface area (Å²) in [5.41, 5.74) is 2.77. The van der Waals surface area contributed by atoms with Crippen LogP contribution in [-0.4, -0.2) is 34.3 Å². The summed E-state index contributed by atoms with van der Waals surface area (Å²) in [6.07, 6.45) is 5.58. The van der Waals surface area contributed by atoms with Gasteiger partial charge in [0.1, 0.15) is 16.7 Å². The van der Waals surface area contributed by atoms with Gasteiger partial charge in [0.25, 0.3) is 0 Å². The highest BCUT2D eigenvalue weighted by Gasteiger charge is 2.55. The van der Waals surface area contributed by atoms with E-state index in [1.165, 1.54) is 0 Å². The monoisotopic (exact) mass is 397 g/mol. The molecule has 0 aliphatic heterocycles. The number of H-pyrrole nitrogens is 1. The zero-order chi connectivity index (χ0) is 19.8. The van der Waals surface area contributed by atoms with Gasteiger partial charge in [0.05, 0.1) is 24.1 Å². The molecule has 0 atom stereocenters. The van der Waals surface area contributed by atoms with Crippen molar-refractivity contribution in [3.8, 4) is 28.4 Å². The van der Waals surface area contributed by atoms with E-state index < -0.39 is 0 Å². The van der Waals surface area contributed by atoms with Crippen molar-refractivity contribution in [1.82, 2.24) is 15.0 Å². The quantitative estimate of drug-likeness (QED) is 0.581. The number of hydrogen-bond acceptors (Lipinski definition) is 4. The third-order valence-corrected chi connectivity index (χ3v) is 5.85. The molecule has 0 radical (unpaired) electrons. The average Bonchev–Trinajstić information content (AvgIpc) is 3.42. The van der Waals surface area contributed by atoms with Gasteiger partial charge >= 0.3 is 0 Å². The SMILES string of the molecule is COC1(C(C)(C)COc2ccc(-c3ccc(-c4ncc(Cl)[nH]4)cn3)cc2)CC1. The molecule has 5 nitrogen and oxygen atoms in total. The predicted octanol–water partition coefficient (Wildman–Crippen LogP) is 5.38. The largest absolute Gasteiger partial charge is 0.493 e. The second-order valence-electron chi connectivity index (χ2n) is 7.91. The van der Waals surface area contributed by atoms with Crippen molar-refractivity contribution in [1.29, 1.82) is 0 Å². The molecule has 28 heavy (non-hydrogen) atoms. The number of nitrogens with one attached hydrogen (secondary N) is 1. The number of methoxy groups -OCH3 is 1. The summed E-state index contributed by atoms with van der Waals surface area (Å²) in [4.78, 5) is 11.7. The molecule has 0 bridgehead atoms. The standard InChI is InChI=1S/C22H24ClN3O2/c1-21(2,22(27-3)10-11-22)14-28-17-7-4-15(5-8-17)18-9-6-16(12-24-18)20-25-13-19(23)26-20/h4-9,12-13H,10-11,14H2,1-3H3,(H,25,26). The maximum absolute atomic E-state index is 6.04. The van der Waals surface area contributed by atoms with Crippen LogP contribution >= 0.6 is 11.6 Å². The number of imidazole rings is 1. The van der Waals surface area contributed by atoms with Gasteiger partial charge in [-0.2, -0.15) is 0 Å². The van der Waals surface area contributed by atoms with Gasteiger partial charge < -0.3 is 14.5 Å². The fraction of sp³-hybridized carbons (Fsp3) is 0.364. The highest BCUT2D eigenvalue weighted by Crippen LogP contribution is 2.52. The van der Waals surface area contributed by atoms with Crippen LogP contribution in [0.1, 0.15) is 26.7 Å². The molecule has 1 N–H and O–H groups in total. The fourth-order valence-electron chi connectivity index (χ4n) is 3.54. The minimum atomic E-state index is -0.0309. The molecule has 2 aromatic heterocycles. The lowest BCUT2D eigenvalue weighted by Gasteiger charge is -2.33. The van der Waals surface area contributed by atoms with Crippen LogP contribution in [0.15, 0.2) is 48.8 Å². The Hall–Kier alpha value is -2.37. The summed E-state index contributed by atoms with van der Waals surface area (Å²) in [5, 5.41) is 0.510. The smallest absolute Gasteiger partial charge is 0.139 e. The number of aromatic nitrogens is 3. The zero-order valence-electron chi connectivity index (χ0n) is 16.3. The van der Waals surface area contributed by atoms with Gasteiger partial charge in [-0.3, -0.25) is 4.98 Å². The molecule has 146 valence electrons. The van der Waals surface area contributed by atoms with Gasteiger partial charge in [-0.05, 0) is 49.2 Å². The summed E-state index contributed by atoms with van der Waals surface area (Å²) < 4.78 is 11.8.